The number of carbonyl (C=O) groups is 1. The van der Waals surface area contributed by atoms with Crippen LogP contribution in [0.25, 0.3) is 10.8 Å². The van der Waals surface area contributed by atoms with E-state index in [1.807, 2.05) is 49.4 Å². The van der Waals surface area contributed by atoms with Gasteiger partial charge in [0, 0.05) is 0 Å². The molecule has 4 rings (SSSR count). The van der Waals surface area contributed by atoms with Crippen LogP contribution in [0, 0.1) is 6.92 Å². The number of hydrogen-bond acceptors (Lipinski definition) is 5. The van der Waals surface area contributed by atoms with E-state index in [0.29, 0.717) is 11.5 Å². The van der Waals surface area contributed by atoms with Gasteiger partial charge >= 0.3 is 0 Å². The van der Waals surface area contributed by atoms with Crippen molar-refractivity contribution < 1.29 is 22.7 Å². The van der Waals surface area contributed by atoms with Crippen LogP contribution in [0.15, 0.2) is 95.9 Å². The number of para-hydroxylation sites is 2. The molecular weight excluding hydrogens is 476 g/mol. The van der Waals surface area contributed by atoms with E-state index in [9.17, 15) is 13.2 Å². The summed E-state index contributed by atoms with van der Waals surface area (Å²) in [5.41, 5.74) is 1.21. The number of carbonyl (C=O) groups excluding carboxylic acids is 1. The maximum absolute atomic E-state index is 13.5. The van der Waals surface area contributed by atoms with Gasteiger partial charge in [-0.05, 0) is 54.1 Å². The number of ether oxygens (including phenoxy) is 2. The number of sulfonamides is 1. The normalized spacial score (nSPS) is 11.2. The zero-order chi connectivity index (χ0) is 25.5. The summed E-state index contributed by atoms with van der Waals surface area (Å²) in [6, 6.07) is 27.0. The third-order valence-electron chi connectivity index (χ3n) is 5.66. The third-order valence-corrected chi connectivity index (χ3v) is 7.44. The van der Waals surface area contributed by atoms with E-state index in [-0.39, 0.29) is 23.7 Å². The third kappa shape index (κ3) is 5.78. The van der Waals surface area contributed by atoms with Crippen LogP contribution in [0.1, 0.15) is 5.56 Å². The minimum absolute atomic E-state index is 0.0893. The predicted molar refractivity (Wildman–Crippen MR) is 141 cm³/mol. The summed E-state index contributed by atoms with van der Waals surface area (Å²) in [5.74, 6) is 0.583. The highest BCUT2D eigenvalue weighted by Gasteiger charge is 2.29. The van der Waals surface area contributed by atoms with Crippen LogP contribution in [0.2, 0.25) is 0 Å². The van der Waals surface area contributed by atoms with Gasteiger partial charge in [0.15, 0.2) is 0 Å². The summed E-state index contributed by atoms with van der Waals surface area (Å²) >= 11 is 0. The molecule has 36 heavy (non-hydrogen) atoms. The average Bonchev–Trinajstić information content (AvgIpc) is 2.90. The van der Waals surface area contributed by atoms with Crippen molar-refractivity contribution >= 4 is 32.4 Å². The molecule has 0 saturated carbocycles. The number of nitrogens with one attached hydrogen (secondary N) is 1. The smallest absolute Gasteiger partial charge is 0.264 e. The Kier molecular flexibility index (Phi) is 7.75. The van der Waals surface area contributed by atoms with Crippen LogP contribution in [0.4, 0.5) is 5.69 Å². The maximum Gasteiger partial charge on any atom is 0.264 e. The van der Waals surface area contributed by atoms with E-state index in [4.69, 9.17) is 9.47 Å². The maximum atomic E-state index is 13.5. The predicted octanol–water partition coefficient (Wildman–Crippen LogP) is 4.55. The first-order valence-electron chi connectivity index (χ1n) is 11.5. The highest BCUT2D eigenvalue weighted by molar-refractivity contribution is 7.92. The van der Waals surface area contributed by atoms with Crippen LogP contribution in [0.3, 0.4) is 0 Å². The molecule has 1 amide bonds. The van der Waals surface area contributed by atoms with Crippen molar-refractivity contribution in [3.63, 3.8) is 0 Å². The highest BCUT2D eigenvalue weighted by atomic mass is 32.2. The van der Waals surface area contributed by atoms with Gasteiger partial charge in [0.2, 0.25) is 5.91 Å². The van der Waals surface area contributed by atoms with Crippen molar-refractivity contribution in [3.8, 4) is 11.5 Å². The van der Waals surface area contributed by atoms with Gasteiger partial charge in [0.25, 0.3) is 10.0 Å². The van der Waals surface area contributed by atoms with Gasteiger partial charge in [-0.1, -0.05) is 60.2 Å². The molecule has 8 heteroatoms. The monoisotopic (exact) mass is 504 g/mol. The lowest BCUT2D eigenvalue weighted by Crippen LogP contribution is -2.42. The van der Waals surface area contributed by atoms with Gasteiger partial charge < -0.3 is 14.8 Å². The van der Waals surface area contributed by atoms with E-state index >= 15 is 0 Å². The standard InChI is InChI=1S/C28H28N2O5S/c1-21-11-15-25(16-12-21)36(32,33)30(26-9-5-6-10-27(26)34-2)20-28(31)29-17-18-35-24-14-13-22-7-3-4-8-23(22)19-24/h3-16,19H,17-18,20H2,1-2H3,(H,29,31). The second-order valence-corrected chi connectivity index (χ2v) is 10.1. The minimum Gasteiger partial charge on any atom is -0.495 e. The lowest BCUT2D eigenvalue weighted by Gasteiger charge is -2.25. The molecule has 0 atom stereocenters. The lowest BCUT2D eigenvalue weighted by atomic mass is 10.1. The van der Waals surface area contributed by atoms with Crippen molar-refractivity contribution in [1.29, 1.82) is 0 Å². The summed E-state index contributed by atoms with van der Waals surface area (Å²) in [6.07, 6.45) is 0. The summed E-state index contributed by atoms with van der Waals surface area (Å²) in [5, 5.41) is 4.93. The minimum atomic E-state index is -4.03. The fourth-order valence-corrected chi connectivity index (χ4v) is 5.21. The molecule has 0 aliphatic rings. The zero-order valence-corrected chi connectivity index (χ0v) is 21.0. The second-order valence-electron chi connectivity index (χ2n) is 8.20. The Balaban J connectivity index is 1.45. The van der Waals surface area contributed by atoms with Crippen molar-refractivity contribution in [1.82, 2.24) is 5.32 Å². The van der Waals surface area contributed by atoms with E-state index in [1.165, 1.54) is 19.2 Å². The number of rotatable bonds is 10. The van der Waals surface area contributed by atoms with E-state index in [2.05, 4.69) is 5.32 Å². The molecule has 4 aromatic rings. The Morgan fingerprint density at radius 2 is 1.58 bits per heavy atom. The molecule has 4 aromatic carbocycles. The zero-order valence-electron chi connectivity index (χ0n) is 20.2. The molecule has 0 aliphatic carbocycles. The molecule has 0 aliphatic heterocycles. The first-order chi connectivity index (χ1) is 17.4. The Bertz CT molecular complexity index is 1450. The number of hydrogen-bond donors (Lipinski definition) is 1. The number of amides is 1. The molecule has 0 heterocycles. The van der Waals surface area contributed by atoms with E-state index in [0.717, 1.165) is 20.6 Å². The van der Waals surface area contributed by atoms with Crippen molar-refractivity contribution in [2.45, 2.75) is 11.8 Å². The topological polar surface area (TPSA) is 84.9 Å². The Hall–Kier alpha value is -4.04. The van der Waals surface area contributed by atoms with Gasteiger partial charge in [-0.3, -0.25) is 9.10 Å². The molecular formula is C28H28N2O5S. The summed E-state index contributed by atoms with van der Waals surface area (Å²) in [4.78, 5) is 12.9. The van der Waals surface area contributed by atoms with Crippen LogP contribution in [-0.4, -0.2) is 41.1 Å². The molecule has 1 N–H and O–H groups in total. The molecule has 0 unspecified atom stereocenters. The molecule has 0 fully saturated rings. The van der Waals surface area contributed by atoms with Gasteiger partial charge in [-0.15, -0.1) is 0 Å². The van der Waals surface area contributed by atoms with Gasteiger partial charge in [0.1, 0.15) is 24.7 Å². The largest absolute Gasteiger partial charge is 0.495 e. The van der Waals surface area contributed by atoms with E-state index in [1.54, 1.807) is 36.4 Å². The van der Waals surface area contributed by atoms with Gasteiger partial charge in [0.05, 0.1) is 24.2 Å². The number of methoxy groups -OCH3 is 1. The van der Waals surface area contributed by atoms with Gasteiger partial charge in [-0.2, -0.15) is 0 Å². The van der Waals surface area contributed by atoms with Gasteiger partial charge in [-0.25, -0.2) is 8.42 Å². The summed E-state index contributed by atoms with van der Waals surface area (Å²) in [6.45, 7) is 1.92. The number of aryl methyl sites for hydroxylation is 1. The molecule has 186 valence electrons. The number of fused-ring (bicyclic) bond motifs is 1. The van der Waals surface area contributed by atoms with Crippen molar-refractivity contribution in [2.75, 3.05) is 31.1 Å². The Morgan fingerprint density at radius 1 is 0.889 bits per heavy atom. The fourth-order valence-electron chi connectivity index (χ4n) is 3.78. The quantitative estimate of drug-likeness (QED) is 0.321. The van der Waals surface area contributed by atoms with Crippen LogP contribution >= 0.6 is 0 Å². The van der Waals surface area contributed by atoms with Crippen molar-refractivity contribution in [3.05, 3.63) is 96.6 Å². The molecule has 0 spiro atoms. The first kappa shape index (κ1) is 25.1. The summed E-state index contributed by atoms with van der Waals surface area (Å²) in [7, 11) is -2.57. The number of nitrogens with zero attached hydrogens (tertiary/aromatic N) is 1. The van der Waals surface area contributed by atoms with Crippen LogP contribution < -0.4 is 19.1 Å². The lowest BCUT2D eigenvalue weighted by molar-refractivity contribution is -0.119. The number of benzene rings is 4. The average molecular weight is 505 g/mol. The first-order valence-corrected chi connectivity index (χ1v) is 12.9. The Morgan fingerprint density at radius 3 is 2.33 bits per heavy atom. The highest BCUT2D eigenvalue weighted by Crippen LogP contribution is 2.32. The molecule has 0 radical (unpaired) electrons. The Labute approximate surface area is 211 Å². The number of anilines is 1. The fraction of sp³-hybridized carbons (Fsp3) is 0.179. The molecule has 0 saturated heterocycles. The second kappa shape index (κ2) is 11.1. The molecule has 0 bridgehead atoms. The van der Waals surface area contributed by atoms with Crippen LogP contribution in [0.5, 0.6) is 11.5 Å². The van der Waals surface area contributed by atoms with Crippen LogP contribution in [-0.2, 0) is 14.8 Å². The summed E-state index contributed by atoms with van der Waals surface area (Å²) < 4.78 is 39.3. The molecule has 7 nitrogen and oxygen atoms in total. The molecule has 0 aromatic heterocycles. The van der Waals surface area contributed by atoms with E-state index < -0.39 is 22.5 Å². The SMILES string of the molecule is COc1ccccc1N(CC(=O)NCCOc1ccc2ccccc2c1)S(=O)(=O)c1ccc(C)cc1. The van der Waals surface area contributed by atoms with Crippen molar-refractivity contribution in [2.24, 2.45) is 0 Å².